The van der Waals surface area contributed by atoms with Crippen LogP contribution in [-0.2, 0) is 33.3 Å². The number of carbonyl (C=O) groups excluding carboxylic acids is 2. The molecule has 2 aromatic rings. The van der Waals surface area contributed by atoms with Gasteiger partial charge in [-0.3, -0.25) is 0 Å². The Morgan fingerprint density at radius 3 is 2.30 bits per heavy atom. The molecule has 0 aromatic heterocycles. The van der Waals surface area contributed by atoms with Crippen molar-refractivity contribution in [2.24, 2.45) is 17.8 Å². The fourth-order valence-corrected chi connectivity index (χ4v) is 6.42. The minimum absolute atomic E-state index is 0.0727. The van der Waals surface area contributed by atoms with E-state index in [0.29, 0.717) is 5.56 Å². The van der Waals surface area contributed by atoms with Crippen molar-refractivity contribution < 1.29 is 78.2 Å². The second-order valence-electron chi connectivity index (χ2n) is 12.0. The molecule has 1 saturated heterocycles. The average Bonchev–Trinajstić information content (AvgIpc) is 3.42. The molecule has 50 heavy (non-hydrogen) atoms. The SMILES string of the molecule is COc1cc(/C=C/C(=O)O[C@H]2[C@H](O[C@@H]3OC=C(C(=O)O)[C@H]4C[C@@H](OC(=O)c5cccc(O)c5)[C@H](C)[C@@H]34)O[C@H](CO)[C@@H](O)[C@@H]2O)cc(OC)c1O. The molecule has 0 bridgehead atoms. The summed E-state index contributed by atoms with van der Waals surface area (Å²) in [5.41, 5.74) is 0.367. The van der Waals surface area contributed by atoms with Crippen LogP contribution in [0, 0.1) is 17.8 Å². The van der Waals surface area contributed by atoms with Gasteiger partial charge in [-0.25, -0.2) is 14.4 Å². The molecule has 1 aliphatic carbocycles. The Morgan fingerprint density at radius 1 is 0.980 bits per heavy atom. The van der Waals surface area contributed by atoms with Crippen molar-refractivity contribution in [3.8, 4) is 23.0 Å². The van der Waals surface area contributed by atoms with Crippen molar-refractivity contribution in [3.05, 3.63) is 65.4 Å². The second kappa shape index (κ2) is 15.3. The molecule has 270 valence electrons. The second-order valence-corrected chi connectivity index (χ2v) is 12.0. The van der Waals surface area contributed by atoms with Crippen LogP contribution in [0.2, 0.25) is 0 Å². The molecule has 3 aliphatic rings. The highest BCUT2D eigenvalue weighted by Gasteiger charge is 2.55. The first-order chi connectivity index (χ1) is 23.9. The summed E-state index contributed by atoms with van der Waals surface area (Å²) in [5, 5.41) is 61.2. The minimum Gasteiger partial charge on any atom is -0.508 e. The average molecular weight is 703 g/mol. The van der Waals surface area contributed by atoms with Crippen LogP contribution < -0.4 is 9.47 Å². The topological polar surface area (TPSA) is 237 Å². The number of aliphatic hydroxyl groups is 3. The fraction of sp³-hybridized carbons (Fsp3) is 0.441. The molecule has 2 heterocycles. The lowest BCUT2D eigenvalue weighted by Gasteiger charge is -2.44. The van der Waals surface area contributed by atoms with Gasteiger partial charge in [-0.05, 0) is 48.4 Å². The number of rotatable bonds is 11. The highest BCUT2D eigenvalue weighted by molar-refractivity contribution is 5.90. The number of phenolic OH excluding ortho intramolecular Hbond substituents is 2. The third kappa shape index (κ3) is 7.49. The minimum atomic E-state index is -1.81. The Balaban J connectivity index is 1.36. The van der Waals surface area contributed by atoms with Gasteiger partial charge in [-0.15, -0.1) is 0 Å². The number of aliphatic carboxylic acids is 1. The molecule has 0 radical (unpaired) electrons. The van der Waals surface area contributed by atoms with Gasteiger partial charge < -0.3 is 63.8 Å². The van der Waals surface area contributed by atoms with E-state index < -0.39 is 85.4 Å². The van der Waals surface area contributed by atoms with Crippen LogP contribution in [0.3, 0.4) is 0 Å². The number of phenols is 2. The number of ether oxygens (including phenoxy) is 7. The normalized spacial score (nSPS) is 30.5. The molecule has 2 fully saturated rings. The van der Waals surface area contributed by atoms with Crippen LogP contribution in [-0.4, -0.2) is 112 Å². The zero-order valence-corrected chi connectivity index (χ0v) is 27.1. The van der Waals surface area contributed by atoms with Gasteiger partial charge in [0.15, 0.2) is 17.6 Å². The van der Waals surface area contributed by atoms with E-state index >= 15 is 0 Å². The van der Waals surface area contributed by atoms with Crippen LogP contribution in [0.15, 0.2) is 54.3 Å². The van der Waals surface area contributed by atoms with E-state index in [1.807, 2.05) is 0 Å². The summed E-state index contributed by atoms with van der Waals surface area (Å²) in [6.45, 7) is 0.968. The number of methoxy groups -OCH3 is 2. The summed E-state index contributed by atoms with van der Waals surface area (Å²) in [4.78, 5) is 38.1. The van der Waals surface area contributed by atoms with Crippen molar-refractivity contribution in [2.75, 3.05) is 20.8 Å². The van der Waals surface area contributed by atoms with Gasteiger partial charge in [0.25, 0.3) is 0 Å². The van der Waals surface area contributed by atoms with Crippen molar-refractivity contribution in [1.82, 2.24) is 0 Å². The van der Waals surface area contributed by atoms with E-state index in [4.69, 9.17) is 33.2 Å². The van der Waals surface area contributed by atoms with Crippen molar-refractivity contribution >= 4 is 24.0 Å². The number of aliphatic hydroxyl groups excluding tert-OH is 3. The highest BCUT2D eigenvalue weighted by atomic mass is 16.8. The van der Waals surface area contributed by atoms with E-state index in [1.54, 1.807) is 6.92 Å². The maximum atomic E-state index is 13.0. The van der Waals surface area contributed by atoms with Gasteiger partial charge in [-0.2, -0.15) is 0 Å². The standard InChI is InChI=1S/C34H38O16/c1-15-21(47-32(43)17-5-4-6-18(36)11-17)12-19-20(31(41)42)14-46-33(26(15)19)50-34-30(29(40)28(39)24(13-35)48-34)49-25(37)8-7-16-9-22(44-2)27(38)23(10-16)45-3/h4-11,14-15,19,21,24,26,28-30,33-36,38-40H,12-13H2,1-3H3,(H,41,42)/b8-7+/t15-,19+,21+,24+,26+,28+,29-,30+,33-,34-/m0/s1. The number of hydrogen-bond acceptors (Lipinski definition) is 15. The molecular weight excluding hydrogens is 664 g/mol. The summed E-state index contributed by atoms with van der Waals surface area (Å²) >= 11 is 0. The van der Waals surface area contributed by atoms with Crippen LogP contribution in [0.5, 0.6) is 23.0 Å². The number of aromatic hydroxyl groups is 2. The molecule has 0 spiro atoms. The largest absolute Gasteiger partial charge is 0.508 e. The zero-order chi connectivity index (χ0) is 36.3. The summed E-state index contributed by atoms with van der Waals surface area (Å²) in [7, 11) is 2.66. The number of fused-ring (bicyclic) bond motifs is 1. The molecule has 1 saturated carbocycles. The predicted molar refractivity (Wildman–Crippen MR) is 168 cm³/mol. The molecule has 2 aliphatic heterocycles. The van der Waals surface area contributed by atoms with Crippen LogP contribution >= 0.6 is 0 Å². The monoisotopic (exact) mass is 702 g/mol. The third-order valence-corrected chi connectivity index (χ3v) is 9.03. The quantitative estimate of drug-likeness (QED) is 0.143. The van der Waals surface area contributed by atoms with Gasteiger partial charge in [0.2, 0.25) is 18.3 Å². The Hall–Kier alpha value is -4.87. The molecule has 0 amide bonds. The number of esters is 2. The summed E-state index contributed by atoms with van der Waals surface area (Å²) in [6, 6.07) is 8.41. The van der Waals surface area contributed by atoms with Crippen LogP contribution in [0.4, 0.5) is 0 Å². The van der Waals surface area contributed by atoms with Gasteiger partial charge in [0.1, 0.15) is 30.2 Å². The summed E-state index contributed by atoms with van der Waals surface area (Å²) in [5.74, 6) is -5.31. The molecule has 5 rings (SSSR count). The lowest BCUT2D eigenvalue weighted by atomic mass is 9.83. The van der Waals surface area contributed by atoms with E-state index in [1.165, 1.54) is 56.7 Å². The number of carboxylic acid groups (broad SMARTS) is 1. The van der Waals surface area contributed by atoms with Gasteiger partial charge in [0, 0.05) is 23.8 Å². The zero-order valence-electron chi connectivity index (χ0n) is 27.1. The first-order valence-corrected chi connectivity index (χ1v) is 15.6. The van der Waals surface area contributed by atoms with E-state index in [2.05, 4.69) is 0 Å². The fourth-order valence-electron chi connectivity index (χ4n) is 6.42. The Kier molecular flexibility index (Phi) is 11.2. The number of benzene rings is 2. The van der Waals surface area contributed by atoms with Crippen molar-refractivity contribution in [3.63, 3.8) is 0 Å². The predicted octanol–water partition coefficient (Wildman–Crippen LogP) is 1.32. The molecule has 16 nitrogen and oxygen atoms in total. The first kappa shape index (κ1) is 36.4. The molecule has 0 unspecified atom stereocenters. The number of carbonyl (C=O) groups is 3. The van der Waals surface area contributed by atoms with E-state index in [-0.39, 0.29) is 40.6 Å². The first-order valence-electron chi connectivity index (χ1n) is 15.6. The lowest BCUT2D eigenvalue weighted by molar-refractivity contribution is -0.343. The Bertz CT molecular complexity index is 1610. The summed E-state index contributed by atoms with van der Waals surface area (Å²) < 4.78 is 39.0. The van der Waals surface area contributed by atoms with Crippen LogP contribution in [0.25, 0.3) is 6.08 Å². The molecular formula is C34H38O16. The third-order valence-electron chi connectivity index (χ3n) is 9.03. The number of hydrogen-bond donors (Lipinski definition) is 6. The van der Waals surface area contributed by atoms with Gasteiger partial charge in [0.05, 0.1) is 38.2 Å². The smallest absolute Gasteiger partial charge is 0.338 e. The maximum Gasteiger partial charge on any atom is 0.338 e. The van der Waals surface area contributed by atoms with Gasteiger partial charge >= 0.3 is 17.9 Å². The Morgan fingerprint density at radius 2 is 1.68 bits per heavy atom. The van der Waals surface area contributed by atoms with E-state index in [9.17, 15) is 45.0 Å². The Labute approximate surface area is 285 Å². The van der Waals surface area contributed by atoms with Gasteiger partial charge in [-0.1, -0.05) is 13.0 Å². The molecule has 2 aromatic carbocycles. The van der Waals surface area contributed by atoms with Crippen molar-refractivity contribution in [1.29, 1.82) is 0 Å². The summed E-state index contributed by atoms with van der Waals surface area (Å²) in [6.07, 6.45) is -6.87. The highest BCUT2D eigenvalue weighted by Crippen LogP contribution is 2.49. The molecule has 10 atom stereocenters. The van der Waals surface area contributed by atoms with Crippen LogP contribution in [0.1, 0.15) is 29.3 Å². The van der Waals surface area contributed by atoms with E-state index in [0.717, 1.165) is 12.3 Å². The molecule has 16 heteroatoms. The molecule has 6 N–H and O–H groups in total. The van der Waals surface area contributed by atoms with Crippen molar-refractivity contribution in [2.45, 2.75) is 56.4 Å². The number of carboxylic acids is 1. The maximum absolute atomic E-state index is 13.0. The lowest BCUT2D eigenvalue weighted by Crippen LogP contribution is -2.61.